The van der Waals surface area contributed by atoms with Crippen molar-refractivity contribution in [1.82, 2.24) is 0 Å². The van der Waals surface area contributed by atoms with E-state index in [0.29, 0.717) is 32.4 Å². The monoisotopic (exact) mass is 263 g/mol. The van der Waals surface area contributed by atoms with Gasteiger partial charge in [0.15, 0.2) is 0 Å². The molecule has 1 aromatic rings. The van der Waals surface area contributed by atoms with Gasteiger partial charge in [0.2, 0.25) is 0 Å². The Labute approximate surface area is 114 Å². The normalized spacial score (nSPS) is 10.6. The molecule has 0 bridgehead atoms. The number of carbonyl (C=O) groups excluding carboxylic acids is 1. The second-order valence-electron chi connectivity index (χ2n) is 4.08. The second-order valence-corrected chi connectivity index (χ2v) is 4.08. The van der Waals surface area contributed by atoms with Crippen molar-refractivity contribution < 1.29 is 14.3 Å². The van der Waals surface area contributed by atoms with E-state index in [1.165, 1.54) is 0 Å². The van der Waals surface area contributed by atoms with Crippen molar-refractivity contribution in [2.45, 2.75) is 19.3 Å². The minimum absolute atomic E-state index is 0.178. The zero-order valence-corrected chi connectivity index (χ0v) is 11.3. The fraction of sp³-hybridized carbons (Fsp3) is 0.400. The molecule has 0 saturated heterocycles. The van der Waals surface area contributed by atoms with E-state index in [2.05, 4.69) is 0 Å². The lowest BCUT2D eigenvalue weighted by Crippen LogP contribution is -2.08. The van der Waals surface area contributed by atoms with Gasteiger partial charge in [0.05, 0.1) is 13.7 Å². The number of benzene rings is 1. The van der Waals surface area contributed by atoms with Crippen molar-refractivity contribution in [3.05, 3.63) is 35.9 Å². The summed E-state index contributed by atoms with van der Waals surface area (Å²) in [6.45, 7) is 0.933. The molecule has 0 radical (unpaired) electrons. The van der Waals surface area contributed by atoms with E-state index >= 15 is 0 Å². The summed E-state index contributed by atoms with van der Waals surface area (Å²) in [5, 5.41) is 0. The number of hydrogen-bond acceptors (Lipinski definition) is 4. The van der Waals surface area contributed by atoms with Gasteiger partial charge >= 0.3 is 5.97 Å². The molecule has 4 nitrogen and oxygen atoms in total. The molecular formula is C15H21NO3. The van der Waals surface area contributed by atoms with Gasteiger partial charge in [-0.1, -0.05) is 24.3 Å². The molecule has 0 amide bonds. The fourth-order valence-electron chi connectivity index (χ4n) is 1.49. The highest BCUT2D eigenvalue weighted by atomic mass is 16.5. The first-order chi connectivity index (χ1) is 9.26. The molecule has 0 unspecified atom stereocenters. The molecule has 0 aliphatic heterocycles. The average molecular weight is 263 g/mol. The van der Waals surface area contributed by atoms with Gasteiger partial charge in [-0.15, -0.1) is 0 Å². The number of ether oxygens (including phenoxy) is 2. The predicted molar refractivity (Wildman–Crippen MR) is 75.9 cm³/mol. The van der Waals surface area contributed by atoms with Crippen LogP contribution in [0, 0.1) is 0 Å². The van der Waals surface area contributed by atoms with Crippen LogP contribution >= 0.6 is 0 Å². The Morgan fingerprint density at radius 3 is 2.68 bits per heavy atom. The van der Waals surface area contributed by atoms with Gasteiger partial charge < -0.3 is 15.2 Å². The Morgan fingerprint density at radius 2 is 2.05 bits per heavy atom. The molecule has 1 rings (SSSR count). The van der Waals surface area contributed by atoms with Crippen LogP contribution in [0.3, 0.4) is 0 Å². The third-order valence-corrected chi connectivity index (χ3v) is 2.56. The van der Waals surface area contributed by atoms with Crippen LogP contribution in [0.5, 0.6) is 5.75 Å². The van der Waals surface area contributed by atoms with Crippen molar-refractivity contribution in [2.24, 2.45) is 5.73 Å². The summed E-state index contributed by atoms with van der Waals surface area (Å²) < 4.78 is 10.1. The molecule has 0 atom stereocenters. The van der Waals surface area contributed by atoms with Gasteiger partial charge in [-0.05, 0) is 37.1 Å². The first-order valence-electron chi connectivity index (χ1n) is 6.42. The molecule has 1 aromatic carbocycles. The lowest BCUT2D eigenvalue weighted by Gasteiger charge is -2.02. The van der Waals surface area contributed by atoms with Crippen LogP contribution in [0.1, 0.15) is 24.8 Å². The van der Waals surface area contributed by atoms with E-state index in [1.54, 1.807) is 7.11 Å². The maximum absolute atomic E-state index is 11.2. The summed E-state index contributed by atoms with van der Waals surface area (Å²) in [6, 6.07) is 7.77. The standard InChI is InChI=1S/C15H21NO3/c1-18-14-9-7-13(8-10-14)5-2-3-12-19-15(17)6-4-11-16/h2,5,7-10H,3-4,6,11-12,16H2,1H3/b5-2+. The summed E-state index contributed by atoms with van der Waals surface area (Å²) >= 11 is 0. The van der Waals surface area contributed by atoms with E-state index in [0.717, 1.165) is 11.3 Å². The average Bonchev–Trinajstić information content (AvgIpc) is 2.45. The number of rotatable bonds is 8. The van der Waals surface area contributed by atoms with Crippen LogP contribution in [0.2, 0.25) is 0 Å². The lowest BCUT2D eigenvalue weighted by molar-refractivity contribution is -0.143. The van der Waals surface area contributed by atoms with Gasteiger partial charge in [0.25, 0.3) is 0 Å². The molecule has 0 heterocycles. The van der Waals surface area contributed by atoms with E-state index in [-0.39, 0.29) is 5.97 Å². The minimum atomic E-state index is -0.178. The highest BCUT2D eigenvalue weighted by Crippen LogP contribution is 2.12. The number of esters is 1. The lowest BCUT2D eigenvalue weighted by atomic mass is 10.2. The quantitative estimate of drug-likeness (QED) is 0.578. The highest BCUT2D eigenvalue weighted by molar-refractivity contribution is 5.69. The predicted octanol–water partition coefficient (Wildman–Crippen LogP) is 2.38. The number of carbonyl (C=O) groups is 1. The summed E-state index contributed by atoms with van der Waals surface area (Å²) in [4.78, 5) is 11.2. The molecule has 4 heteroatoms. The van der Waals surface area contributed by atoms with Gasteiger partial charge in [-0.25, -0.2) is 0 Å². The molecule has 0 aliphatic carbocycles. The van der Waals surface area contributed by atoms with Gasteiger partial charge in [0.1, 0.15) is 5.75 Å². The van der Waals surface area contributed by atoms with Crippen LogP contribution in [-0.4, -0.2) is 26.2 Å². The molecule has 19 heavy (non-hydrogen) atoms. The Kier molecular flexibility index (Phi) is 7.35. The Bertz CT molecular complexity index is 398. The van der Waals surface area contributed by atoms with Crippen LogP contribution in [-0.2, 0) is 9.53 Å². The maximum Gasteiger partial charge on any atom is 0.305 e. The van der Waals surface area contributed by atoms with Gasteiger partial charge in [-0.3, -0.25) is 4.79 Å². The number of methoxy groups -OCH3 is 1. The zero-order valence-electron chi connectivity index (χ0n) is 11.3. The molecule has 2 N–H and O–H groups in total. The molecule has 0 aromatic heterocycles. The van der Waals surface area contributed by atoms with Gasteiger partial charge in [-0.2, -0.15) is 0 Å². The van der Waals surface area contributed by atoms with E-state index < -0.39 is 0 Å². The molecule has 0 fully saturated rings. The van der Waals surface area contributed by atoms with Crippen molar-refractivity contribution in [3.63, 3.8) is 0 Å². The van der Waals surface area contributed by atoms with Gasteiger partial charge in [0, 0.05) is 6.42 Å². The van der Waals surface area contributed by atoms with Crippen LogP contribution in [0.4, 0.5) is 0 Å². The van der Waals surface area contributed by atoms with Crippen molar-refractivity contribution in [1.29, 1.82) is 0 Å². The van der Waals surface area contributed by atoms with E-state index in [1.807, 2.05) is 36.4 Å². The number of nitrogens with two attached hydrogens (primary N) is 1. The minimum Gasteiger partial charge on any atom is -0.497 e. The smallest absolute Gasteiger partial charge is 0.305 e. The van der Waals surface area contributed by atoms with Crippen LogP contribution < -0.4 is 10.5 Å². The molecule has 0 spiro atoms. The Balaban J connectivity index is 2.20. The molecule has 0 aliphatic rings. The summed E-state index contributed by atoms with van der Waals surface area (Å²) in [7, 11) is 1.64. The molecule has 104 valence electrons. The van der Waals surface area contributed by atoms with Crippen LogP contribution in [0.15, 0.2) is 30.3 Å². The maximum atomic E-state index is 11.2. The number of hydrogen-bond donors (Lipinski definition) is 1. The summed E-state index contributed by atoms with van der Waals surface area (Å²) in [5.41, 5.74) is 6.40. The third kappa shape index (κ3) is 6.62. The van der Waals surface area contributed by atoms with Crippen molar-refractivity contribution in [3.8, 4) is 5.75 Å². The van der Waals surface area contributed by atoms with Crippen molar-refractivity contribution >= 4 is 12.0 Å². The van der Waals surface area contributed by atoms with E-state index in [9.17, 15) is 4.79 Å². The highest BCUT2D eigenvalue weighted by Gasteiger charge is 1.99. The van der Waals surface area contributed by atoms with E-state index in [4.69, 9.17) is 15.2 Å². The van der Waals surface area contributed by atoms with Crippen molar-refractivity contribution in [2.75, 3.05) is 20.3 Å². The molecule has 0 saturated carbocycles. The fourth-order valence-corrected chi connectivity index (χ4v) is 1.49. The third-order valence-electron chi connectivity index (χ3n) is 2.56. The van der Waals surface area contributed by atoms with Crippen LogP contribution in [0.25, 0.3) is 6.08 Å². The Hall–Kier alpha value is -1.81. The molecular weight excluding hydrogens is 242 g/mol. The zero-order chi connectivity index (χ0) is 13.9. The largest absolute Gasteiger partial charge is 0.497 e. The Morgan fingerprint density at radius 1 is 1.32 bits per heavy atom. The first-order valence-corrected chi connectivity index (χ1v) is 6.42. The topological polar surface area (TPSA) is 61.5 Å². The SMILES string of the molecule is COc1ccc(/C=C/CCOC(=O)CCCN)cc1. The second kappa shape index (κ2) is 9.16. The summed E-state index contributed by atoms with van der Waals surface area (Å²) in [5.74, 6) is 0.661. The first kappa shape index (κ1) is 15.2. The summed E-state index contributed by atoms with van der Waals surface area (Å²) in [6.07, 6.45) is 5.77.